The quantitative estimate of drug-likeness (QED) is 0.854. The molecule has 124 valence electrons. The number of amides is 1. The van der Waals surface area contributed by atoms with Gasteiger partial charge >= 0.3 is 0 Å². The van der Waals surface area contributed by atoms with Crippen molar-refractivity contribution in [2.75, 3.05) is 13.2 Å². The van der Waals surface area contributed by atoms with Gasteiger partial charge < -0.3 is 10.4 Å². The fraction of sp³-hybridized carbons (Fsp3) is 0.471. The molecule has 6 nitrogen and oxygen atoms in total. The molecule has 6 heteroatoms. The zero-order valence-corrected chi connectivity index (χ0v) is 14.1. The summed E-state index contributed by atoms with van der Waals surface area (Å²) in [6, 6.07) is 7.88. The summed E-state index contributed by atoms with van der Waals surface area (Å²) in [5.74, 6) is -0.244. The minimum atomic E-state index is -0.244. The second-order valence-corrected chi connectivity index (χ2v) is 6.59. The molecule has 2 N–H and O–H groups in total. The average molecular weight is 316 g/mol. The molecular formula is C17H24N4O2. The van der Waals surface area contributed by atoms with E-state index in [1.807, 2.05) is 52.0 Å². The monoisotopic (exact) mass is 316 g/mol. The summed E-state index contributed by atoms with van der Waals surface area (Å²) in [7, 11) is 0. The average Bonchev–Trinajstić information content (AvgIpc) is 2.87. The maximum Gasteiger partial charge on any atom is 0.273 e. The van der Waals surface area contributed by atoms with Gasteiger partial charge in [0.05, 0.1) is 11.4 Å². The van der Waals surface area contributed by atoms with Crippen molar-refractivity contribution in [3.8, 4) is 5.69 Å². The number of aryl methyl sites for hydroxylation is 1. The van der Waals surface area contributed by atoms with Crippen LogP contribution < -0.4 is 5.32 Å². The molecule has 0 aliphatic rings. The van der Waals surface area contributed by atoms with Crippen molar-refractivity contribution in [1.82, 2.24) is 20.3 Å². The Morgan fingerprint density at radius 2 is 1.91 bits per heavy atom. The van der Waals surface area contributed by atoms with Crippen LogP contribution in [0.1, 0.15) is 42.0 Å². The third kappa shape index (κ3) is 4.16. The molecule has 0 unspecified atom stereocenters. The highest BCUT2D eigenvalue weighted by molar-refractivity contribution is 5.93. The first-order valence-corrected chi connectivity index (χ1v) is 7.72. The lowest BCUT2D eigenvalue weighted by molar-refractivity contribution is 0.0922. The maximum absolute atomic E-state index is 12.3. The topological polar surface area (TPSA) is 80.0 Å². The van der Waals surface area contributed by atoms with Crippen LogP contribution in [-0.2, 0) is 0 Å². The Bertz CT molecular complexity index is 674. The van der Waals surface area contributed by atoms with Gasteiger partial charge in [-0.3, -0.25) is 4.79 Å². The highest BCUT2D eigenvalue weighted by Crippen LogP contribution is 2.18. The van der Waals surface area contributed by atoms with Crippen LogP contribution in [0.4, 0.5) is 0 Å². The number of carbonyl (C=O) groups excluding carboxylic acids is 1. The van der Waals surface area contributed by atoms with E-state index < -0.39 is 0 Å². The van der Waals surface area contributed by atoms with Crippen molar-refractivity contribution in [3.63, 3.8) is 0 Å². The minimum absolute atomic E-state index is 0.103. The number of aliphatic hydroxyl groups excluding tert-OH is 1. The van der Waals surface area contributed by atoms with E-state index in [9.17, 15) is 4.79 Å². The summed E-state index contributed by atoms with van der Waals surface area (Å²) in [4.78, 5) is 12.3. The van der Waals surface area contributed by atoms with Gasteiger partial charge in [-0.05, 0) is 37.8 Å². The van der Waals surface area contributed by atoms with E-state index in [1.165, 1.54) is 0 Å². The Hall–Kier alpha value is -2.21. The molecule has 23 heavy (non-hydrogen) atoms. The van der Waals surface area contributed by atoms with E-state index in [0.717, 1.165) is 11.3 Å². The zero-order valence-electron chi connectivity index (χ0n) is 14.1. The number of hydrogen-bond acceptors (Lipinski definition) is 4. The largest absolute Gasteiger partial charge is 0.396 e. The maximum atomic E-state index is 12.3. The first-order chi connectivity index (χ1) is 10.8. The van der Waals surface area contributed by atoms with Crippen molar-refractivity contribution >= 4 is 5.91 Å². The molecule has 2 aromatic rings. The van der Waals surface area contributed by atoms with Crippen molar-refractivity contribution in [3.05, 3.63) is 41.2 Å². The predicted molar refractivity (Wildman–Crippen MR) is 88.7 cm³/mol. The van der Waals surface area contributed by atoms with Crippen LogP contribution in [0.3, 0.4) is 0 Å². The van der Waals surface area contributed by atoms with E-state index in [2.05, 4.69) is 15.6 Å². The normalized spacial score (nSPS) is 11.5. The van der Waals surface area contributed by atoms with Crippen molar-refractivity contribution in [2.45, 2.75) is 34.1 Å². The molecule has 1 amide bonds. The summed E-state index contributed by atoms with van der Waals surface area (Å²) < 4.78 is 1.66. The smallest absolute Gasteiger partial charge is 0.273 e. The molecule has 0 saturated heterocycles. The molecule has 0 fully saturated rings. The third-order valence-corrected chi connectivity index (χ3v) is 3.90. The van der Waals surface area contributed by atoms with Crippen LogP contribution in [0.25, 0.3) is 5.69 Å². The molecule has 0 atom stereocenters. The molecule has 0 aliphatic heterocycles. The molecule has 1 heterocycles. The first kappa shape index (κ1) is 17.1. The predicted octanol–water partition coefficient (Wildman–Crippen LogP) is 2.02. The Morgan fingerprint density at radius 1 is 1.26 bits per heavy atom. The molecule has 2 rings (SSSR count). The Kier molecular flexibility index (Phi) is 5.15. The fourth-order valence-electron chi connectivity index (χ4n) is 2.26. The third-order valence-electron chi connectivity index (χ3n) is 3.90. The van der Waals surface area contributed by atoms with E-state index in [4.69, 9.17) is 5.11 Å². The molecule has 1 aromatic heterocycles. The van der Waals surface area contributed by atoms with Crippen LogP contribution in [0.2, 0.25) is 0 Å². The highest BCUT2D eigenvalue weighted by atomic mass is 16.3. The fourth-order valence-corrected chi connectivity index (χ4v) is 2.26. The summed E-state index contributed by atoms with van der Waals surface area (Å²) in [6.07, 6.45) is 0.627. The van der Waals surface area contributed by atoms with E-state index in [0.29, 0.717) is 24.4 Å². The number of carbonyl (C=O) groups is 1. The standard InChI is InChI=1S/C17H24N4O2/c1-12-5-7-14(8-6-12)21-13(2)15(19-20-21)16(23)18-11-17(3,4)9-10-22/h5-8,22H,9-11H2,1-4H3,(H,18,23). The van der Waals surface area contributed by atoms with Crippen molar-refractivity contribution in [1.29, 1.82) is 0 Å². The lowest BCUT2D eigenvalue weighted by atomic mass is 9.90. The highest BCUT2D eigenvalue weighted by Gasteiger charge is 2.21. The van der Waals surface area contributed by atoms with Crippen LogP contribution in [-0.4, -0.2) is 39.2 Å². The summed E-state index contributed by atoms with van der Waals surface area (Å²) >= 11 is 0. The van der Waals surface area contributed by atoms with Gasteiger partial charge in [-0.15, -0.1) is 5.10 Å². The molecule has 0 radical (unpaired) electrons. The minimum Gasteiger partial charge on any atom is -0.396 e. The summed E-state index contributed by atoms with van der Waals surface area (Å²) in [5, 5.41) is 20.0. The number of nitrogens with one attached hydrogen (secondary N) is 1. The van der Waals surface area contributed by atoms with Crippen LogP contribution >= 0.6 is 0 Å². The van der Waals surface area contributed by atoms with Gasteiger partial charge in [0, 0.05) is 13.2 Å². The van der Waals surface area contributed by atoms with Gasteiger partial charge in [0.1, 0.15) is 0 Å². The Labute approximate surface area is 136 Å². The van der Waals surface area contributed by atoms with E-state index >= 15 is 0 Å². The van der Waals surface area contributed by atoms with Crippen LogP contribution in [0, 0.1) is 19.3 Å². The van der Waals surface area contributed by atoms with Crippen LogP contribution in [0.15, 0.2) is 24.3 Å². The second-order valence-electron chi connectivity index (χ2n) is 6.59. The lowest BCUT2D eigenvalue weighted by Crippen LogP contribution is -2.35. The molecule has 1 aromatic carbocycles. The second kappa shape index (κ2) is 6.91. The molecule has 0 aliphatic carbocycles. The van der Waals surface area contributed by atoms with Gasteiger partial charge in [-0.2, -0.15) is 0 Å². The van der Waals surface area contributed by atoms with Gasteiger partial charge in [0.15, 0.2) is 5.69 Å². The number of benzene rings is 1. The van der Waals surface area contributed by atoms with Crippen molar-refractivity contribution in [2.24, 2.45) is 5.41 Å². The van der Waals surface area contributed by atoms with Gasteiger partial charge in [-0.1, -0.05) is 36.8 Å². The number of aromatic nitrogens is 3. The summed E-state index contributed by atoms with van der Waals surface area (Å²) in [6.45, 7) is 8.42. The zero-order chi connectivity index (χ0) is 17.0. The molecule has 0 saturated carbocycles. The molecular weight excluding hydrogens is 292 g/mol. The van der Waals surface area contributed by atoms with E-state index in [-0.39, 0.29) is 17.9 Å². The summed E-state index contributed by atoms with van der Waals surface area (Å²) in [5.41, 5.74) is 2.90. The molecule has 0 bridgehead atoms. The Morgan fingerprint density at radius 3 is 2.52 bits per heavy atom. The molecule has 0 spiro atoms. The van der Waals surface area contributed by atoms with E-state index in [1.54, 1.807) is 4.68 Å². The van der Waals surface area contributed by atoms with Gasteiger partial charge in [0.2, 0.25) is 0 Å². The first-order valence-electron chi connectivity index (χ1n) is 7.72. The SMILES string of the molecule is Cc1ccc(-n2nnc(C(=O)NCC(C)(C)CCO)c2C)cc1. The lowest BCUT2D eigenvalue weighted by Gasteiger charge is -2.23. The number of hydrogen-bond donors (Lipinski definition) is 2. The van der Waals surface area contributed by atoms with Crippen molar-refractivity contribution < 1.29 is 9.90 Å². The number of rotatable bonds is 6. The van der Waals surface area contributed by atoms with Gasteiger partial charge in [0.25, 0.3) is 5.91 Å². The Balaban J connectivity index is 2.12. The number of aliphatic hydroxyl groups is 1. The van der Waals surface area contributed by atoms with Crippen LogP contribution in [0.5, 0.6) is 0 Å². The number of nitrogens with zero attached hydrogens (tertiary/aromatic N) is 3. The van der Waals surface area contributed by atoms with Gasteiger partial charge in [-0.25, -0.2) is 4.68 Å².